The predicted octanol–water partition coefficient (Wildman–Crippen LogP) is 3.58. The number of rotatable bonds is 2. The molecule has 0 unspecified atom stereocenters. The van der Waals surface area contributed by atoms with Crippen LogP contribution in [0.3, 0.4) is 0 Å². The van der Waals surface area contributed by atoms with Crippen molar-refractivity contribution < 1.29 is 4.74 Å². The fourth-order valence-electron chi connectivity index (χ4n) is 3.92. The smallest absolute Gasteiger partial charge is 0.178 e. The zero-order valence-corrected chi connectivity index (χ0v) is 15.0. The molecular formula is C20H19N5O. The van der Waals surface area contributed by atoms with Gasteiger partial charge in [-0.1, -0.05) is 0 Å². The number of fused-ring (bicyclic) bond motifs is 2. The Labute approximate surface area is 150 Å². The van der Waals surface area contributed by atoms with Crippen molar-refractivity contribution in [1.82, 2.24) is 24.7 Å². The number of hydrogen-bond donors (Lipinski definition) is 1. The molecule has 0 fully saturated rings. The van der Waals surface area contributed by atoms with E-state index in [2.05, 4.69) is 46.0 Å². The number of nitrogens with one attached hydrogen (secondary N) is 1. The number of H-pyrrole nitrogens is 1. The lowest BCUT2D eigenvalue weighted by Gasteiger charge is -2.12. The van der Waals surface area contributed by atoms with Crippen molar-refractivity contribution in [3.63, 3.8) is 0 Å². The maximum absolute atomic E-state index is 5.99. The van der Waals surface area contributed by atoms with Gasteiger partial charge in [-0.3, -0.25) is 4.68 Å². The molecule has 3 aromatic heterocycles. The molecule has 5 rings (SSSR count). The molecule has 130 valence electrons. The Balaban J connectivity index is 1.81. The standard InChI is InChI=1S/C20H19N5O/c1-11-17(12(2)25(3)24-11)14-8-13-5-7-26-19(13)16(9-14)15-4-6-21-20-18(15)22-10-23-20/h4,6,8-10H,5,7H2,1-3H3,(H,21,22,23). The molecule has 6 nitrogen and oxygen atoms in total. The van der Waals surface area contributed by atoms with Crippen molar-refractivity contribution >= 4 is 11.2 Å². The summed E-state index contributed by atoms with van der Waals surface area (Å²) in [5.74, 6) is 0.968. The van der Waals surface area contributed by atoms with Gasteiger partial charge in [-0.25, -0.2) is 9.97 Å². The van der Waals surface area contributed by atoms with Crippen molar-refractivity contribution in [1.29, 1.82) is 0 Å². The Morgan fingerprint density at radius 1 is 1.15 bits per heavy atom. The molecule has 4 heterocycles. The highest BCUT2D eigenvalue weighted by Gasteiger charge is 2.23. The van der Waals surface area contributed by atoms with Crippen molar-refractivity contribution in [2.45, 2.75) is 20.3 Å². The molecule has 4 aromatic rings. The van der Waals surface area contributed by atoms with E-state index in [1.807, 2.05) is 17.8 Å². The monoisotopic (exact) mass is 345 g/mol. The highest BCUT2D eigenvalue weighted by Crippen LogP contribution is 2.43. The van der Waals surface area contributed by atoms with Gasteiger partial charge in [-0.2, -0.15) is 5.10 Å². The SMILES string of the molecule is Cc1nn(C)c(C)c1-c1cc2c(c(-c3ccnc4nc[nH]c34)c1)OCC2. The lowest BCUT2D eigenvalue weighted by atomic mass is 9.94. The number of imidazole rings is 1. The molecule has 1 N–H and O–H groups in total. The second-order valence-electron chi connectivity index (χ2n) is 6.74. The Hall–Kier alpha value is -3.15. The Kier molecular flexibility index (Phi) is 3.16. The summed E-state index contributed by atoms with van der Waals surface area (Å²) in [6, 6.07) is 6.47. The molecule has 1 aliphatic rings. The molecule has 1 aliphatic heterocycles. The molecule has 0 amide bonds. The summed E-state index contributed by atoms with van der Waals surface area (Å²) in [6.45, 7) is 4.89. The predicted molar refractivity (Wildman–Crippen MR) is 100 cm³/mol. The van der Waals surface area contributed by atoms with E-state index in [0.717, 1.165) is 40.2 Å². The summed E-state index contributed by atoms with van der Waals surface area (Å²) in [5.41, 5.74) is 9.60. The lowest BCUT2D eigenvalue weighted by molar-refractivity contribution is 0.358. The quantitative estimate of drug-likeness (QED) is 0.603. The number of aromatic nitrogens is 5. The van der Waals surface area contributed by atoms with Crippen LogP contribution in [0, 0.1) is 13.8 Å². The van der Waals surface area contributed by atoms with Crippen LogP contribution in [0.1, 0.15) is 17.0 Å². The summed E-state index contributed by atoms with van der Waals surface area (Å²) in [6.07, 6.45) is 4.40. The van der Waals surface area contributed by atoms with Crippen LogP contribution < -0.4 is 4.74 Å². The summed E-state index contributed by atoms with van der Waals surface area (Å²) in [5, 5.41) is 4.58. The van der Waals surface area contributed by atoms with Crippen LogP contribution in [0.15, 0.2) is 30.7 Å². The molecule has 0 aliphatic carbocycles. The molecule has 0 saturated heterocycles. The maximum atomic E-state index is 5.99. The van der Waals surface area contributed by atoms with Crippen LogP contribution in [-0.2, 0) is 13.5 Å². The topological polar surface area (TPSA) is 68.6 Å². The average Bonchev–Trinajstić information content (AvgIpc) is 3.33. The van der Waals surface area contributed by atoms with Gasteiger partial charge in [0.05, 0.1) is 24.1 Å². The first-order valence-corrected chi connectivity index (χ1v) is 8.72. The molecule has 26 heavy (non-hydrogen) atoms. The van der Waals surface area contributed by atoms with Gasteiger partial charge < -0.3 is 9.72 Å². The Morgan fingerprint density at radius 3 is 2.85 bits per heavy atom. The largest absolute Gasteiger partial charge is 0.492 e. The highest BCUT2D eigenvalue weighted by molar-refractivity contribution is 5.93. The highest BCUT2D eigenvalue weighted by atomic mass is 16.5. The van der Waals surface area contributed by atoms with Crippen LogP contribution in [-0.4, -0.2) is 31.3 Å². The third-order valence-electron chi connectivity index (χ3n) is 5.20. The number of hydrogen-bond acceptors (Lipinski definition) is 4. The summed E-state index contributed by atoms with van der Waals surface area (Å²) in [4.78, 5) is 11.8. The van der Waals surface area contributed by atoms with E-state index in [-0.39, 0.29) is 0 Å². The fraction of sp³-hybridized carbons (Fsp3) is 0.250. The number of ether oxygens (including phenoxy) is 1. The van der Waals surface area contributed by atoms with Crippen molar-refractivity contribution in [3.8, 4) is 28.0 Å². The van der Waals surface area contributed by atoms with Crippen LogP contribution in [0.4, 0.5) is 0 Å². The first kappa shape index (κ1) is 15.1. The molecule has 0 radical (unpaired) electrons. The molecular weight excluding hydrogens is 326 g/mol. The van der Waals surface area contributed by atoms with E-state index in [1.165, 1.54) is 16.7 Å². The van der Waals surface area contributed by atoms with Crippen molar-refractivity contribution in [3.05, 3.63) is 47.7 Å². The summed E-state index contributed by atoms with van der Waals surface area (Å²) in [7, 11) is 1.99. The second kappa shape index (κ2) is 5.42. The molecule has 1 aromatic carbocycles. The minimum Gasteiger partial charge on any atom is -0.492 e. The normalized spacial score (nSPS) is 13.2. The van der Waals surface area contributed by atoms with Gasteiger partial charge in [0.15, 0.2) is 5.65 Å². The van der Waals surface area contributed by atoms with Gasteiger partial charge in [0.1, 0.15) is 5.75 Å². The number of aromatic amines is 1. The van der Waals surface area contributed by atoms with Crippen molar-refractivity contribution in [2.24, 2.45) is 7.05 Å². The maximum Gasteiger partial charge on any atom is 0.178 e. The molecule has 0 atom stereocenters. The van der Waals surface area contributed by atoms with Crippen LogP contribution in [0.2, 0.25) is 0 Å². The van der Waals surface area contributed by atoms with Crippen LogP contribution >= 0.6 is 0 Å². The van der Waals surface area contributed by atoms with E-state index < -0.39 is 0 Å². The van der Waals surface area contributed by atoms with E-state index in [9.17, 15) is 0 Å². The van der Waals surface area contributed by atoms with Gasteiger partial charge in [-0.05, 0) is 43.2 Å². The number of nitrogens with zero attached hydrogens (tertiary/aromatic N) is 4. The minimum atomic E-state index is 0.716. The van der Waals surface area contributed by atoms with Gasteiger partial charge in [0, 0.05) is 42.0 Å². The van der Waals surface area contributed by atoms with E-state index in [4.69, 9.17) is 4.74 Å². The zero-order valence-electron chi connectivity index (χ0n) is 15.0. The number of benzene rings is 1. The van der Waals surface area contributed by atoms with Gasteiger partial charge in [0.2, 0.25) is 0 Å². The van der Waals surface area contributed by atoms with Crippen LogP contribution in [0.25, 0.3) is 33.4 Å². The van der Waals surface area contributed by atoms with Crippen LogP contribution in [0.5, 0.6) is 5.75 Å². The van der Waals surface area contributed by atoms with Gasteiger partial charge in [-0.15, -0.1) is 0 Å². The molecule has 0 spiro atoms. The van der Waals surface area contributed by atoms with Crippen molar-refractivity contribution in [2.75, 3.05) is 6.61 Å². The number of pyridine rings is 1. The molecule has 6 heteroatoms. The number of aryl methyl sites for hydroxylation is 2. The Morgan fingerprint density at radius 2 is 2.04 bits per heavy atom. The summed E-state index contributed by atoms with van der Waals surface area (Å²) >= 11 is 0. The first-order valence-electron chi connectivity index (χ1n) is 8.72. The zero-order chi connectivity index (χ0) is 17.8. The second-order valence-corrected chi connectivity index (χ2v) is 6.74. The third kappa shape index (κ3) is 2.08. The summed E-state index contributed by atoms with van der Waals surface area (Å²) < 4.78 is 7.93. The van der Waals surface area contributed by atoms with E-state index >= 15 is 0 Å². The minimum absolute atomic E-state index is 0.716. The van der Waals surface area contributed by atoms with Gasteiger partial charge in [0.25, 0.3) is 0 Å². The van der Waals surface area contributed by atoms with Gasteiger partial charge >= 0.3 is 0 Å². The third-order valence-corrected chi connectivity index (χ3v) is 5.20. The first-order chi connectivity index (χ1) is 12.6. The lowest BCUT2D eigenvalue weighted by Crippen LogP contribution is -1.94. The van der Waals surface area contributed by atoms with E-state index in [0.29, 0.717) is 12.3 Å². The fourth-order valence-corrected chi connectivity index (χ4v) is 3.92. The Bertz CT molecular complexity index is 1150. The molecule has 0 bridgehead atoms. The molecule has 0 saturated carbocycles. The van der Waals surface area contributed by atoms with E-state index in [1.54, 1.807) is 12.5 Å². The average molecular weight is 345 g/mol.